The number of ether oxygens (including phenoxy) is 1. The monoisotopic (exact) mass is 249 g/mol. The van der Waals surface area contributed by atoms with Gasteiger partial charge in [0.1, 0.15) is 6.04 Å². The second-order valence-electron chi connectivity index (χ2n) is 2.75. The number of sulfonamides is 1. The van der Waals surface area contributed by atoms with Crippen LogP contribution in [0.15, 0.2) is 0 Å². The third-order valence-corrected chi connectivity index (χ3v) is 2.74. The summed E-state index contributed by atoms with van der Waals surface area (Å²) in [5, 5.41) is 8.62. The number of rotatable bonds is 6. The highest BCUT2D eigenvalue weighted by molar-refractivity contribution is 7.90. The van der Waals surface area contributed by atoms with E-state index in [9.17, 15) is 18.0 Å². The third kappa shape index (κ3) is 5.33. The van der Waals surface area contributed by atoms with Crippen LogP contribution in [-0.2, 0) is 24.3 Å². The molecule has 0 aromatic carbocycles. The van der Waals surface area contributed by atoms with Gasteiger partial charge in [-0.05, 0) is 0 Å². The summed E-state index contributed by atoms with van der Waals surface area (Å²) in [5.74, 6) is -1.33. The van der Waals surface area contributed by atoms with Crippen molar-refractivity contribution in [2.75, 3.05) is 12.9 Å². The Morgan fingerprint density at radius 2 is 2.12 bits per heavy atom. The average molecular weight is 249 g/mol. The molecule has 0 bridgehead atoms. The first-order chi connectivity index (χ1) is 7.32. The third-order valence-electron chi connectivity index (χ3n) is 1.48. The Morgan fingerprint density at radius 3 is 2.50 bits per heavy atom. The van der Waals surface area contributed by atoms with Crippen molar-refractivity contribution < 1.29 is 27.9 Å². The van der Waals surface area contributed by atoms with Gasteiger partial charge in [-0.2, -0.15) is 4.72 Å². The molecule has 7 nitrogen and oxygen atoms in total. The molecular weight excluding hydrogens is 238 g/mol. The Balaban J connectivity index is 4.62. The normalized spacial score (nSPS) is 12.5. The molecule has 1 unspecified atom stereocenters. The molecule has 8 heteroatoms. The van der Waals surface area contributed by atoms with Gasteiger partial charge < -0.3 is 9.84 Å². The van der Waals surface area contributed by atoms with E-state index in [4.69, 9.17) is 11.5 Å². The Labute approximate surface area is 92.8 Å². The first-order valence-corrected chi connectivity index (χ1v) is 5.70. The number of terminal acetylenes is 1. The molecule has 0 aliphatic carbocycles. The number of aliphatic carboxylic acids is 1. The molecule has 16 heavy (non-hydrogen) atoms. The summed E-state index contributed by atoms with van der Waals surface area (Å²) in [5.41, 5.74) is 0. The number of methoxy groups -OCH3 is 1. The van der Waals surface area contributed by atoms with E-state index in [1.165, 1.54) is 0 Å². The summed E-state index contributed by atoms with van der Waals surface area (Å²) >= 11 is 0. The molecular formula is C8H11NO6S. The number of carbonyl (C=O) groups excluding carboxylic acids is 1. The number of nitrogens with one attached hydrogen (secondary N) is 1. The van der Waals surface area contributed by atoms with Gasteiger partial charge in [0.2, 0.25) is 10.0 Å². The fourth-order valence-corrected chi connectivity index (χ4v) is 1.90. The van der Waals surface area contributed by atoms with Crippen LogP contribution in [0.3, 0.4) is 0 Å². The first-order valence-electron chi connectivity index (χ1n) is 4.05. The molecule has 0 saturated carbocycles. The topological polar surface area (TPSA) is 110 Å². The van der Waals surface area contributed by atoms with Crippen LogP contribution in [-0.4, -0.2) is 44.4 Å². The molecule has 2 N–H and O–H groups in total. The lowest BCUT2D eigenvalue weighted by molar-refractivity contribution is -0.139. The van der Waals surface area contributed by atoms with Gasteiger partial charge >= 0.3 is 11.9 Å². The zero-order chi connectivity index (χ0) is 12.8. The summed E-state index contributed by atoms with van der Waals surface area (Å²) in [6, 6.07) is -1.44. The van der Waals surface area contributed by atoms with Crippen LogP contribution in [0.5, 0.6) is 0 Å². The van der Waals surface area contributed by atoms with E-state index in [1.807, 2.05) is 5.92 Å². The maximum Gasteiger partial charge on any atom is 0.322 e. The van der Waals surface area contributed by atoms with Crippen molar-refractivity contribution in [3.63, 3.8) is 0 Å². The Bertz CT molecular complexity index is 407. The minimum atomic E-state index is -4.06. The number of carboxylic acid groups (broad SMARTS) is 1. The van der Waals surface area contributed by atoms with Gasteiger partial charge in [0, 0.05) is 6.42 Å². The zero-order valence-electron chi connectivity index (χ0n) is 8.47. The van der Waals surface area contributed by atoms with Crippen LogP contribution in [0.4, 0.5) is 0 Å². The Hall–Kier alpha value is -1.59. The minimum absolute atomic E-state index is 0.310. The molecule has 0 radical (unpaired) electrons. The SMILES string of the molecule is C#CCC(NS(=O)(=O)CC(=O)OC)C(=O)O. The van der Waals surface area contributed by atoms with Crippen molar-refractivity contribution in [1.82, 2.24) is 4.72 Å². The van der Waals surface area contributed by atoms with Crippen molar-refractivity contribution in [2.45, 2.75) is 12.5 Å². The van der Waals surface area contributed by atoms with Crippen molar-refractivity contribution >= 4 is 22.0 Å². The van der Waals surface area contributed by atoms with Crippen molar-refractivity contribution in [3.05, 3.63) is 0 Å². The molecule has 90 valence electrons. The van der Waals surface area contributed by atoms with E-state index in [1.54, 1.807) is 4.72 Å². The van der Waals surface area contributed by atoms with Gasteiger partial charge in [-0.25, -0.2) is 8.42 Å². The summed E-state index contributed by atoms with van der Waals surface area (Å²) in [6.45, 7) is 0. The number of carboxylic acids is 1. The summed E-state index contributed by atoms with van der Waals surface area (Å²) in [4.78, 5) is 21.3. The standard InChI is InChI=1S/C8H11NO6S/c1-3-4-6(8(11)12)9-16(13,14)5-7(10)15-2/h1,6,9H,4-5H2,2H3,(H,11,12). The average Bonchev–Trinajstić information content (AvgIpc) is 2.15. The predicted octanol–water partition coefficient (Wildman–Crippen LogP) is -1.44. The smallest absolute Gasteiger partial charge is 0.322 e. The summed E-state index contributed by atoms with van der Waals surface area (Å²) in [7, 11) is -3.04. The van der Waals surface area contributed by atoms with Gasteiger partial charge in [0.15, 0.2) is 5.75 Å². The van der Waals surface area contributed by atoms with Gasteiger partial charge in [0.05, 0.1) is 7.11 Å². The van der Waals surface area contributed by atoms with Gasteiger partial charge in [0.25, 0.3) is 0 Å². The van der Waals surface area contributed by atoms with Crippen molar-refractivity contribution in [1.29, 1.82) is 0 Å². The molecule has 1 atom stereocenters. The first kappa shape index (κ1) is 14.4. The van der Waals surface area contributed by atoms with E-state index in [-0.39, 0.29) is 6.42 Å². The largest absolute Gasteiger partial charge is 0.480 e. The van der Waals surface area contributed by atoms with Crippen LogP contribution in [0.1, 0.15) is 6.42 Å². The maximum atomic E-state index is 11.2. The molecule has 0 saturated heterocycles. The zero-order valence-corrected chi connectivity index (χ0v) is 9.28. The minimum Gasteiger partial charge on any atom is -0.480 e. The lowest BCUT2D eigenvalue weighted by atomic mass is 10.2. The molecule has 0 fully saturated rings. The van der Waals surface area contributed by atoms with E-state index in [0.29, 0.717) is 0 Å². The van der Waals surface area contributed by atoms with Crippen LogP contribution in [0.2, 0.25) is 0 Å². The molecule has 0 aliphatic heterocycles. The lowest BCUT2D eigenvalue weighted by Gasteiger charge is -2.11. The maximum absolute atomic E-state index is 11.2. The second kappa shape index (κ2) is 6.09. The quantitative estimate of drug-likeness (QED) is 0.440. The molecule has 0 aromatic heterocycles. The van der Waals surface area contributed by atoms with Gasteiger partial charge in [-0.3, -0.25) is 9.59 Å². The molecule has 0 aromatic rings. The highest BCUT2D eigenvalue weighted by Crippen LogP contribution is 1.96. The van der Waals surface area contributed by atoms with Gasteiger partial charge in [-0.15, -0.1) is 12.3 Å². The molecule has 0 aliphatic rings. The highest BCUT2D eigenvalue weighted by atomic mass is 32.2. The fourth-order valence-electron chi connectivity index (χ4n) is 0.770. The van der Waals surface area contributed by atoms with E-state index < -0.39 is 33.8 Å². The second-order valence-corrected chi connectivity index (χ2v) is 4.51. The van der Waals surface area contributed by atoms with Crippen LogP contribution >= 0.6 is 0 Å². The van der Waals surface area contributed by atoms with Crippen LogP contribution in [0, 0.1) is 12.3 Å². The lowest BCUT2D eigenvalue weighted by Crippen LogP contribution is -2.42. The number of hydrogen-bond donors (Lipinski definition) is 2. The Kier molecular flexibility index (Phi) is 5.49. The van der Waals surface area contributed by atoms with Crippen molar-refractivity contribution in [3.8, 4) is 12.3 Å². The predicted molar refractivity (Wildman–Crippen MR) is 53.8 cm³/mol. The molecule has 0 amide bonds. The summed E-state index contributed by atoms with van der Waals surface area (Å²) in [6.07, 6.45) is 4.56. The number of hydrogen-bond acceptors (Lipinski definition) is 5. The number of esters is 1. The fraction of sp³-hybridized carbons (Fsp3) is 0.500. The molecule has 0 spiro atoms. The Morgan fingerprint density at radius 1 is 1.56 bits per heavy atom. The van der Waals surface area contributed by atoms with Crippen LogP contribution < -0.4 is 4.72 Å². The molecule has 0 rings (SSSR count). The van der Waals surface area contributed by atoms with Crippen LogP contribution in [0.25, 0.3) is 0 Å². The highest BCUT2D eigenvalue weighted by Gasteiger charge is 2.25. The number of carbonyl (C=O) groups is 2. The molecule has 0 heterocycles. The van der Waals surface area contributed by atoms with E-state index in [0.717, 1.165) is 7.11 Å². The summed E-state index contributed by atoms with van der Waals surface area (Å²) < 4.78 is 28.4. The van der Waals surface area contributed by atoms with E-state index in [2.05, 4.69) is 4.74 Å². The van der Waals surface area contributed by atoms with Gasteiger partial charge in [-0.1, -0.05) is 0 Å². The van der Waals surface area contributed by atoms with E-state index >= 15 is 0 Å². The van der Waals surface area contributed by atoms with Crippen molar-refractivity contribution in [2.24, 2.45) is 0 Å².